The molecule has 1 amide bonds. The number of amides is 1. The summed E-state index contributed by atoms with van der Waals surface area (Å²) in [5, 5.41) is 55.0. The van der Waals surface area contributed by atoms with Gasteiger partial charge in [-0.1, -0.05) is 229 Å². The van der Waals surface area contributed by atoms with Gasteiger partial charge >= 0.3 is 10.4 Å². The van der Waals surface area contributed by atoms with Crippen molar-refractivity contribution in [2.45, 2.75) is 288 Å². The van der Waals surface area contributed by atoms with E-state index in [1.165, 1.54) is 167 Å². The highest BCUT2D eigenvalue weighted by atomic mass is 32.3. The van der Waals surface area contributed by atoms with Crippen molar-refractivity contribution in [2.75, 3.05) is 13.2 Å². The van der Waals surface area contributed by atoms with Crippen LogP contribution < -0.4 is 5.32 Å². The number of hydrogen-bond donors (Lipinski definition) is 7. The van der Waals surface area contributed by atoms with E-state index in [0.717, 1.165) is 44.9 Å². The molecule has 70 heavy (non-hydrogen) atoms. The van der Waals surface area contributed by atoms with Crippen LogP contribution in [0.2, 0.25) is 0 Å². The van der Waals surface area contributed by atoms with Crippen LogP contribution in [-0.2, 0) is 28.9 Å². The molecule has 1 heterocycles. The lowest BCUT2D eigenvalue weighted by molar-refractivity contribution is -0.298. The van der Waals surface area contributed by atoms with Crippen LogP contribution in [0.1, 0.15) is 239 Å². The zero-order chi connectivity index (χ0) is 51.3. The molecule has 0 aromatic rings. The molecule has 0 saturated carbocycles. The Morgan fingerprint density at radius 3 is 1.50 bits per heavy atom. The van der Waals surface area contributed by atoms with Crippen molar-refractivity contribution < 1.29 is 57.0 Å². The molecule has 0 spiro atoms. The summed E-state index contributed by atoms with van der Waals surface area (Å²) in [6.45, 7) is 3.09. The van der Waals surface area contributed by atoms with Crippen molar-refractivity contribution in [3.63, 3.8) is 0 Å². The Hall–Kier alpha value is -1.98. The Morgan fingerprint density at radius 1 is 0.586 bits per heavy atom. The summed E-state index contributed by atoms with van der Waals surface area (Å²) in [5.41, 5.74) is 0. The highest BCUT2D eigenvalue weighted by Gasteiger charge is 2.48. The fraction of sp³-hybridized carbons (Fsp3) is 0.839. The summed E-state index contributed by atoms with van der Waals surface area (Å²) < 4.78 is 47.4. The molecule has 8 unspecified atom stereocenters. The van der Waals surface area contributed by atoms with Gasteiger partial charge in [0.25, 0.3) is 0 Å². The van der Waals surface area contributed by atoms with Crippen LogP contribution in [-0.4, -0.2) is 107 Å². The first-order valence-electron chi connectivity index (χ1n) is 28.1. The highest BCUT2D eigenvalue weighted by Crippen LogP contribution is 2.26. The van der Waals surface area contributed by atoms with Crippen LogP contribution in [0.15, 0.2) is 48.6 Å². The van der Waals surface area contributed by atoms with E-state index in [1.807, 2.05) is 6.08 Å². The van der Waals surface area contributed by atoms with Crippen LogP contribution >= 0.6 is 0 Å². The van der Waals surface area contributed by atoms with Gasteiger partial charge in [0, 0.05) is 0 Å². The average molecular weight is 1010 g/mol. The van der Waals surface area contributed by atoms with E-state index in [9.17, 15) is 38.7 Å². The van der Waals surface area contributed by atoms with Gasteiger partial charge in [0.1, 0.15) is 30.5 Å². The number of aliphatic hydroxyl groups is 5. The molecule has 7 N–H and O–H groups in total. The lowest BCUT2D eigenvalue weighted by Crippen LogP contribution is -2.61. The molecule has 0 aromatic heterocycles. The molecule has 410 valence electrons. The first kappa shape index (κ1) is 66.0. The summed E-state index contributed by atoms with van der Waals surface area (Å²) >= 11 is 0. The highest BCUT2D eigenvalue weighted by molar-refractivity contribution is 7.80. The number of carbonyl (C=O) groups excluding carboxylic acids is 1. The second kappa shape index (κ2) is 45.6. The van der Waals surface area contributed by atoms with Crippen molar-refractivity contribution >= 4 is 16.3 Å². The van der Waals surface area contributed by atoms with Gasteiger partial charge in [0.05, 0.1) is 25.4 Å². The van der Waals surface area contributed by atoms with Crippen LogP contribution in [0.5, 0.6) is 0 Å². The normalized spacial score (nSPS) is 20.4. The third-order valence-electron chi connectivity index (χ3n) is 13.2. The van der Waals surface area contributed by atoms with Gasteiger partial charge in [0.2, 0.25) is 5.91 Å². The third-order valence-corrected chi connectivity index (χ3v) is 13.6. The number of aliphatic hydroxyl groups excluding tert-OH is 5. The Bertz CT molecular complexity index is 1440. The van der Waals surface area contributed by atoms with E-state index >= 15 is 0 Å². The Labute approximate surface area is 426 Å². The minimum atomic E-state index is -5.12. The second-order valence-corrected chi connectivity index (χ2v) is 20.7. The molecule has 0 radical (unpaired) electrons. The molecule has 1 fully saturated rings. The molecule has 1 rings (SSSR count). The number of allylic oxidation sites excluding steroid dienone is 7. The van der Waals surface area contributed by atoms with Gasteiger partial charge in [-0.3, -0.25) is 9.35 Å². The standard InChI is InChI=1S/C56H103NO12S/c1-3-5-7-9-11-12-13-14-15-16-17-18-19-20-21-22-23-24-25-26-27-28-29-30-31-32-33-34-35-36-37-39-41-43-45-50(60)55(63)57-48(49(59)44-42-40-38-10-8-6-4-2)47-67-56-53(62)54(69-70(64,65)66)52(61)51(46-58)68-56/h8,10,19-20,22-23,42,44,48-54,56,58-62H,3-7,9,11-18,21,24-41,43,45-47H2,1-2H3,(H,57,63)(H,64,65,66)/b10-8+,20-19-,23-22-,44-42+. The summed E-state index contributed by atoms with van der Waals surface area (Å²) in [6.07, 6.45) is 47.1. The van der Waals surface area contributed by atoms with Crippen LogP contribution in [0.4, 0.5) is 0 Å². The molecule has 8 atom stereocenters. The number of nitrogens with one attached hydrogen (secondary N) is 1. The number of hydrogen-bond acceptors (Lipinski definition) is 11. The van der Waals surface area contributed by atoms with E-state index in [0.29, 0.717) is 12.8 Å². The molecular weight excluding hydrogens is 911 g/mol. The van der Waals surface area contributed by atoms with Crippen LogP contribution in [0.25, 0.3) is 0 Å². The van der Waals surface area contributed by atoms with Gasteiger partial charge in [-0.2, -0.15) is 8.42 Å². The number of carbonyl (C=O) groups is 1. The van der Waals surface area contributed by atoms with Crippen molar-refractivity contribution in [1.29, 1.82) is 0 Å². The SMILES string of the molecule is CCC/C=C/CC/C=C/C(O)C(COC1OC(CO)C(O)C(OS(=O)(=O)O)C1O)NC(=O)C(O)CCCCCCCCCCCCCCCCCC/C=C\C/C=C\CCCCCCCCCCCCC. The quantitative estimate of drug-likeness (QED) is 0.0172. The van der Waals surface area contributed by atoms with Crippen LogP contribution in [0.3, 0.4) is 0 Å². The van der Waals surface area contributed by atoms with E-state index < -0.39 is 78.5 Å². The molecule has 0 aliphatic carbocycles. The average Bonchev–Trinajstić information content (AvgIpc) is 3.33. The summed E-state index contributed by atoms with van der Waals surface area (Å²) in [5.74, 6) is -0.716. The fourth-order valence-electron chi connectivity index (χ4n) is 8.75. The predicted molar refractivity (Wildman–Crippen MR) is 284 cm³/mol. The Kier molecular flexibility index (Phi) is 43.0. The fourth-order valence-corrected chi connectivity index (χ4v) is 9.26. The maximum absolute atomic E-state index is 13.1. The first-order chi connectivity index (χ1) is 33.9. The molecular formula is C56H103NO12S. The number of ether oxygens (including phenoxy) is 2. The van der Waals surface area contributed by atoms with E-state index in [2.05, 4.69) is 53.7 Å². The zero-order valence-electron chi connectivity index (χ0n) is 43.9. The minimum absolute atomic E-state index is 0.236. The van der Waals surface area contributed by atoms with E-state index in [1.54, 1.807) is 6.08 Å². The first-order valence-corrected chi connectivity index (χ1v) is 29.5. The maximum Gasteiger partial charge on any atom is 0.397 e. The molecule has 0 bridgehead atoms. The van der Waals surface area contributed by atoms with Crippen molar-refractivity contribution in [2.24, 2.45) is 0 Å². The largest absolute Gasteiger partial charge is 0.397 e. The zero-order valence-corrected chi connectivity index (χ0v) is 44.8. The number of unbranched alkanes of at least 4 members (excludes halogenated alkanes) is 29. The molecule has 14 heteroatoms. The molecule has 1 aliphatic rings. The summed E-state index contributed by atoms with van der Waals surface area (Å²) in [6, 6.07) is -1.13. The Morgan fingerprint density at radius 2 is 1.03 bits per heavy atom. The molecule has 0 aromatic carbocycles. The summed E-state index contributed by atoms with van der Waals surface area (Å²) in [4.78, 5) is 13.1. The monoisotopic (exact) mass is 1010 g/mol. The van der Waals surface area contributed by atoms with E-state index in [-0.39, 0.29) is 6.42 Å². The molecule has 1 saturated heterocycles. The topological polar surface area (TPSA) is 212 Å². The van der Waals surface area contributed by atoms with E-state index in [4.69, 9.17) is 14.0 Å². The third kappa shape index (κ3) is 36.9. The van der Waals surface area contributed by atoms with Gasteiger partial charge in [0.15, 0.2) is 6.29 Å². The molecule has 1 aliphatic heterocycles. The Balaban J connectivity index is 2.18. The van der Waals surface area contributed by atoms with Crippen LogP contribution in [0, 0.1) is 0 Å². The van der Waals surface area contributed by atoms with Gasteiger partial charge in [-0.25, -0.2) is 4.18 Å². The lowest BCUT2D eigenvalue weighted by Gasteiger charge is -2.41. The van der Waals surface area contributed by atoms with Gasteiger partial charge in [-0.15, -0.1) is 0 Å². The maximum atomic E-state index is 13.1. The van der Waals surface area contributed by atoms with Crippen molar-refractivity contribution in [3.8, 4) is 0 Å². The second-order valence-electron chi connectivity index (χ2n) is 19.7. The lowest BCUT2D eigenvalue weighted by atomic mass is 9.99. The van der Waals surface area contributed by atoms with Crippen molar-refractivity contribution in [1.82, 2.24) is 5.32 Å². The molecule has 13 nitrogen and oxygen atoms in total. The minimum Gasteiger partial charge on any atom is -0.394 e. The number of rotatable bonds is 48. The summed E-state index contributed by atoms with van der Waals surface area (Å²) in [7, 11) is -5.12. The van der Waals surface area contributed by atoms with Gasteiger partial charge < -0.3 is 40.3 Å². The van der Waals surface area contributed by atoms with Gasteiger partial charge in [-0.05, 0) is 57.8 Å². The van der Waals surface area contributed by atoms with Crippen molar-refractivity contribution in [3.05, 3.63) is 48.6 Å². The predicted octanol–water partition coefficient (Wildman–Crippen LogP) is 11.8. The smallest absolute Gasteiger partial charge is 0.394 e.